The maximum Gasteiger partial charge on any atom is 0.307 e. The number of carboxylic acid groups (broad SMARTS) is 1. The molecule has 1 saturated carbocycles. The molecule has 0 amide bonds. The van der Waals surface area contributed by atoms with Crippen molar-refractivity contribution in [3.63, 3.8) is 0 Å². The normalized spacial score (nSPS) is 26.9. The van der Waals surface area contributed by atoms with Crippen molar-refractivity contribution in [3.05, 3.63) is 35.4 Å². The number of carboxylic acids is 1. The van der Waals surface area contributed by atoms with Crippen LogP contribution >= 0.6 is 0 Å². The van der Waals surface area contributed by atoms with Crippen LogP contribution in [0.1, 0.15) is 24.3 Å². The Balaban J connectivity index is 2.33. The van der Waals surface area contributed by atoms with Crippen LogP contribution in [0.2, 0.25) is 0 Å². The van der Waals surface area contributed by atoms with Gasteiger partial charge in [0.15, 0.2) is 0 Å². The van der Waals surface area contributed by atoms with Crippen molar-refractivity contribution in [3.8, 4) is 0 Å². The third kappa shape index (κ3) is 2.76. The summed E-state index contributed by atoms with van der Waals surface area (Å²) in [5, 5.41) is 9.27. The number of nitrogens with zero attached hydrogens (tertiary/aromatic N) is 1. The van der Waals surface area contributed by atoms with Crippen molar-refractivity contribution in [1.29, 1.82) is 0 Å². The molecule has 0 aromatic heterocycles. The minimum absolute atomic E-state index is 0.107. The summed E-state index contributed by atoms with van der Waals surface area (Å²) in [6.45, 7) is 0. The Kier molecular flexibility index (Phi) is 3.85. The zero-order valence-corrected chi connectivity index (χ0v) is 10.9. The first-order chi connectivity index (χ1) is 8.90. The Morgan fingerprint density at radius 1 is 1.32 bits per heavy atom. The van der Waals surface area contributed by atoms with Gasteiger partial charge in [0.05, 0.1) is 5.92 Å². The van der Waals surface area contributed by atoms with Gasteiger partial charge in [-0.2, -0.15) is 0 Å². The fourth-order valence-electron chi connectivity index (χ4n) is 2.85. The van der Waals surface area contributed by atoms with E-state index in [9.17, 15) is 18.7 Å². The molecule has 104 valence electrons. The molecule has 5 heteroatoms. The molecule has 0 bridgehead atoms. The number of carbonyl (C=O) groups is 1. The molecule has 1 N–H and O–H groups in total. The summed E-state index contributed by atoms with van der Waals surface area (Å²) in [5.74, 6) is -3.23. The van der Waals surface area contributed by atoms with Crippen molar-refractivity contribution >= 4 is 5.97 Å². The van der Waals surface area contributed by atoms with Crippen LogP contribution in [0.4, 0.5) is 8.78 Å². The molecule has 1 aromatic carbocycles. The molecule has 0 aliphatic heterocycles. The predicted octanol–water partition coefficient (Wildman–Crippen LogP) is 2.47. The lowest BCUT2D eigenvalue weighted by Crippen LogP contribution is -2.25. The molecule has 1 aliphatic rings. The Hall–Kier alpha value is -1.49. The minimum atomic E-state index is -0.918. The molecule has 0 saturated heterocycles. The highest BCUT2D eigenvalue weighted by Gasteiger charge is 2.41. The quantitative estimate of drug-likeness (QED) is 0.916. The summed E-state index contributed by atoms with van der Waals surface area (Å²) >= 11 is 0. The number of benzene rings is 1. The molecule has 0 radical (unpaired) electrons. The second-order valence-corrected chi connectivity index (χ2v) is 5.31. The molecule has 1 unspecified atom stereocenters. The second-order valence-electron chi connectivity index (χ2n) is 5.31. The average Bonchev–Trinajstić information content (AvgIpc) is 2.73. The molecular formula is C14H17F2NO2. The van der Waals surface area contributed by atoms with Gasteiger partial charge in [0.25, 0.3) is 0 Å². The number of hydrogen-bond acceptors (Lipinski definition) is 2. The molecule has 0 spiro atoms. The van der Waals surface area contributed by atoms with E-state index in [-0.39, 0.29) is 6.04 Å². The van der Waals surface area contributed by atoms with Crippen molar-refractivity contribution in [2.75, 3.05) is 14.1 Å². The maximum absolute atomic E-state index is 13.8. The van der Waals surface area contributed by atoms with Crippen molar-refractivity contribution in [2.24, 2.45) is 5.92 Å². The lowest BCUT2D eigenvalue weighted by Gasteiger charge is -2.19. The number of rotatable bonds is 3. The van der Waals surface area contributed by atoms with Gasteiger partial charge in [0.2, 0.25) is 0 Å². The number of hydrogen-bond donors (Lipinski definition) is 1. The van der Waals surface area contributed by atoms with Gasteiger partial charge in [-0.1, -0.05) is 6.07 Å². The van der Waals surface area contributed by atoms with E-state index in [4.69, 9.17) is 0 Å². The van der Waals surface area contributed by atoms with E-state index in [1.54, 1.807) is 0 Å². The number of halogens is 2. The van der Waals surface area contributed by atoms with Gasteiger partial charge in [0.1, 0.15) is 11.6 Å². The van der Waals surface area contributed by atoms with E-state index in [1.807, 2.05) is 19.0 Å². The molecular weight excluding hydrogens is 252 g/mol. The lowest BCUT2D eigenvalue weighted by molar-refractivity contribution is -0.142. The van der Waals surface area contributed by atoms with E-state index in [1.165, 1.54) is 12.1 Å². The SMILES string of the molecule is CN(C)C1C[C@@H](C(=O)O)[C@H](c2ccc(F)cc2F)C1. The van der Waals surface area contributed by atoms with E-state index >= 15 is 0 Å². The molecule has 3 atom stereocenters. The van der Waals surface area contributed by atoms with Crippen molar-refractivity contribution in [2.45, 2.75) is 24.8 Å². The predicted molar refractivity (Wildman–Crippen MR) is 66.9 cm³/mol. The topological polar surface area (TPSA) is 40.5 Å². The van der Waals surface area contributed by atoms with Gasteiger partial charge in [-0.3, -0.25) is 4.79 Å². The highest BCUT2D eigenvalue weighted by atomic mass is 19.1. The highest BCUT2D eigenvalue weighted by Crippen LogP contribution is 2.42. The largest absolute Gasteiger partial charge is 0.481 e. The van der Waals surface area contributed by atoms with Crippen LogP contribution in [0.3, 0.4) is 0 Å². The summed E-state index contributed by atoms with van der Waals surface area (Å²) in [7, 11) is 3.76. The van der Waals surface area contributed by atoms with Crippen molar-refractivity contribution in [1.82, 2.24) is 4.90 Å². The van der Waals surface area contributed by atoms with Gasteiger partial charge in [-0.05, 0) is 38.6 Å². The van der Waals surface area contributed by atoms with E-state index in [0.717, 1.165) is 6.07 Å². The first-order valence-corrected chi connectivity index (χ1v) is 6.24. The minimum Gasteiger partial charge on any atom is -0.481 e. The van der Waals surface area contributed by atoms with Crippen LogP contribution in [0.15, 0.2) is 18.2 Å². The first kappa shape index (κ1) is 13.9. The van der Waals surface area contributed by atoms with Crippen LogP contribution in [-0.2, 0) is 4.79 Å². The van der Waals surface area contributed by atoms with Gasteiger partial charge >= 0.3 is 5.97 Å². The van der Waals surface area contributed by atoms with E-state index in [0.29, 0.717) is 18.4 Å². The Morgan fingerprint density at radius 3 is 2.53 bits per heavy atom. The monoisotopic (exact) mass is 269 g/mol. The van der Waals surface area contributed by atoms with Gasteiger partial charge in [0, 0.05) is 18.0 Å². The summed E-state index contributed by atoms with van der Waals surface area (Å²) in [6.07, 6.45) is 1.07. The summed E-state index contributed by atoms with van der Waals surface area (Å²) in [6, 6.07) is 3.47. The molecule has 0 heterocycles. The zero-order valence-electron chi connectivity index (χ0n) is 10.9. The fourth-order valence-corrected chi connectivity index (χ4v) is 2.85. The molecule has 19 heavy (non-hydrogen) atoms. The average molecular weight is 269 g/mol. The number of aliphatic carboxylic acids is 1. The zero-order chi connectivity index (χ0) is 14.2. The van der Waals surface area contributed by atoms with Crippen LogP contribution in [0.5, 0.6) is 0 Å². The highest BCUT2D eigenvalue weighted by molar-refractivity contribution is 5.72. The molecule has 1 fully saturated rings. The van der Waals surface area contributed by atoms with Gasteiger partial charge in [-0.15, -0.1) is 0 Å². The van der Waals surface area contributed by atoms with Crippen molar-refractivity contribution < 1.29 is 18.7 Å². The maximum atomic E-state index is 13.8. The third-order valence-electron chi connectivity index (χ3n) is 3.95. The third-order valence-corrected chi connectivity index (χ3v) is 3.95. The van der Waals surface area contributed by atoms with E-state index in [2.05, 4.69) is 0 Å². The summed E-state index contributed by atoms with van der Waals surface area (Å²) in [5.41, 5.74) is 0.304. The second kappa shape index (κ2) is 5.25. The van der Waals surface area contributed by atoms with Gasteiger partial charge < -0.3 is 10.0 Å². The molecule has 1 aromatic rings. The first-order valence-electron chi connectivity index (χ1n) is 6.24. The Morgan fingerprint density at radius 2 is 2.00 bits per heavy atom. The van der Waals surface area contributed by atoms with Crippen LogP contribution < -0.4 is 0 Å². The molecule has 1 aliphatic carbocycles. The van der Waals surface area contributed by atoms with Crippen LogP contribution in [0.25, 0.3) is 0 Å². The smallest absolute Gasteiger partial charge is 0.307 e. The van der Waals surface area contributed by atoms with Crippen LogP contribution in [-0.4, -0.2) is 36.1 Å². The lowest BCUT2D eigenvalue weighted by atomic mass is 9.88. The van der Waals surface area contributed by atoms with Crippen LogP contribution in [0, 0.1) is 17.6 Å². The Labute approximate surface area is 110 Å². The summed E-state index contributed by atoms with van der Waals surface area (Å²) in [4.78, 5) is 13.3. The van der Waals surface area contributed by atoms with E-state index < -0.39 is 29.4 Å². The Bertz CT molecular complexity index is 490. The summed E-state index contributed by atoms with van der Waals surface area (Å²) < 4.78 is 26.8. The molecule has 3 nitrogen and oxygen atoms in total. The fraction of sp³-hybridized carbons (Fsp3) is 0.500. The van der Waals surface area contributed by atoms with Gasteiger partial charge in [-0.25, -0.2) is 8.78 Å². The molecule has 2 rings (SSSR count). The standard InChI is InChI=1S/C14H17F2NO2/c1-17(2)9-6-11(12(7-9)14(18)19)10-4-3-8(15)5-13(10)16/h3-5,9,11-12H,6-7H2,1-2H3,(H,18,19)/t9?,11-,12+/m0/s1.